The van der Waals surface area contributed by atoms with Crippen molar-refractivity contribution in [1.29, 1.82) is 10.5 Å². The summed E-state index contributed by atoms with van der Waals surface area (Å²) < 4.78 is 0. The SMILES string of the molecule is CCN(C#N)CC(C)N(C#N)CC. The zero-order valence-corrected chi connectivity index (χ0v) is 8.49. The van der Waals surface area contributed by atoms with Gasteiger partial charge in [0.2, 0.25) is 0 Å². The van der Waals surface area contributed by atoms with Crippen LogP contribution in [0.15, 0.2) is 0 Å². The van der Waals surface area contributed by atoms with Gasteiger partial charge in [-0.25, -0.2) is 0 Å². The van der Waals surface area contributed by atoms with E-state index in [2.05, 4.69) is 12.4 Å². The predicted octanol–water partition coefficient (Wildman–Crippen LogP) is 0.981. The number of nitrogens with zero attached hydrogens (tertiary/aromatic N) is 4. The van der Waals surface area contributed by atoms with Crippen LogP contribution in [0.25, 0.3) is 0 Å². The van der Waals surface area contributed by atoms with Crippen LogP contribution in [0.2, 0.25) is 0 Å². The first kappa shape index (κ1) is 11.6. The molecule has 0 aromatic heterocycles. The van der Waals surface area contributed by atoms with Crippen molar-refractivity contribution in [2.75, 3.05) is 19.6 Å². The minimum absolute atomic E-state index is 0.106. The first-order valence-corrected chi connectivity index (χ1v) is 4.50. The van der Waals surface area contributed by atoms with E-state index in [0.29, 0.717) is 19.6 Å². The lowest BCUT2D eigenvalue weighted by molar-refractivity contribution is 0.254. The molecule has 0 heterocycles. The topological polar surface area (TPSA) is 54.1 Å². The lowest BCUT2D eigenvalue weighted by Crippen LogP contribution is -2.38. The zero-order chi connectivity index (χ0) is 10.3. The molecule has 0 radical (unpaired) electrons. The van der Waals surface area contributed by atoms with Gasteiger partial charge in [-0.05, 0) is 20.8 Å². The van der Waals surface area contributed by atoms with Crippen LogP contribution in [0.3, 0.4) is 0 Å². The third-order valence-corrected chi connectivity index (χ3v) is 2.01. The standard InChI is InChI=1S/C9H16N4/c1-4-12(7-10)6-9(3)13(5-2)8-11/h9H,4-6H2,1-3H3. The van der Waals surface area contributed by atoms with Gasteiger partial charge in [-0.3, -0.25) is 0 Å². The first-order valence-electron chi connectivity index (χ1n) is 4.50. The quantitative estimate of drug-likeness (QED) is 0.467. The molecule has 0 aliphatic rings. The van der Waals surface area contributed by atoms with Gasteiger partial charge in [0.15, 0.2) is 12.4 Å². The van der Waals surface area contributed by atoms with E-state index in [1.54, 1.807) is 9.80 Å². The lowest BCUT2D eigenvalue weighted by Gasteiger charge is -2.25. The van der Waals surface area contributed by atoms with Gasteiger partial charge < -0.3 is 9.80 Å². The fourth-order valence-corrected chi connectivity index (χ4v) is 1.14. The van der Waals surface area contributed by atoms with Crippen molar-refractivity contribution in [2.45, 2.75) is 26.8 Å². The Bertz CT molecular complexity index is 213. The van der Waals surface area contributed by atoms with E-state index < -0.39 is 0 Å². The largest absolute Gasteiger partial charge is 0.309 e. The molecule has 0 aliphatic carbocycles. The van der Waals surface area contributed by atoms with Gasteiger partial charge in [0.25, 0.3) is 0 Å². The lowest BCUT2D eigenvalue weighted by atomic mass is 10.3. The second kappa shape index (κ2) is 6.14. The van der Waals surface area contributed by atoms with Gasteiger partial charge in [-0.1, -0.05) is 0 Å². The molecule has 72 valence electrons. The molecule has 0 aromatic carbocycles. The van der Waals surface area contributed by atoms with Gasteiger partial charge in [0.05, 0.1) is 6.04 Å². The van der Waals surface area contributed by atoms with E-state index in [1.807, 2.05) is 20.8 Å². The van der Waals surface area contributed by atoms with Crippen LogP contribution >= 0.6 is 0 Å². The van der Waals surface area contributed by atoms with Crippen molar-refractivity contribution < 1.29 is 0 Å². The molecule has 4 nitrogen and oxygen atoms in total. The molecule has 1 atom stereocenters. The Morgan fingerprint density at radius 3 is 2.08 bits per heavy atom. The number of rotatable bonds is 5. The molecule has 4 heteroatoms. The second-order valence-electron chi connectivity index (χ2n) is 2.87. The van der Waals surface area contributed by atoms with Crippen molar-refractivity contribution in [3.8, 4) is 12.4 Å². The van der Waals surface area contributed by atoms with E-state index >= 15 is 0 Å². The Kier molecular flexibility index (Phi) is 5.47. The molecular formula is C9H16N4. The van der Waals surface area contributed by atoms with Gasteiger partial charge in [-0.2, -0.15) is 10.5 Å². The predicted molar refractivity (Wildman–Crippen MR) is 50.3 cm³/mol. The minimum Gasteiger partial charge on any atom is -0.309 e. The van der Waals surface area contributed by atoms with E-state index in [9.17, 15) is 0 Å². The van der Waals surface area contributed by atoms with Crippen molar-refractivity contribution in [3.63, 3.8) is 0 Å². The molecule has 13 heavy (non-hydrogen) atoms. The molecule has 0 aliphatic heterocycles. The Labute approximate surface area is 80.0 Å². The fraction of sp³-hybridized carbons (Fsp3) is 0.778. The highest BCUT2D eigenvalue weighted by Crippen LogP contribution is 1.99. The van der Waals surface area contributed by atoms with Gasteiger partial charge in [0.1, 0.15) is 0 Å². The summed E-state index contributed by atoms with van der Waals surface area (Å²) in [5.41, 5.74) is 0. The molecule has 0 saturated carbocycles. The summed E-state index contributed by atoms with van der Waals surface area (Å²) in [6, 6.07) is 0.106. The summed E-state index contributed by atoms with van der Waals surface area (Å²) >= 11 is 0. The van der Waals surface area contributed by atoms with Crippen molar-refractivity contribution in [2.24, 2.45) is 0 Å². The van der Waals surface area contributed by atoms with Crippen molar-refractivity contribution >= 4 is 0 Å². The summed E-state index contributed by atoms with van der Waals surface area (Å²) in [4.78, 5) is 3.31. The highest BCUT2D eigenvalue weighted by Gasteiger charge is 2.12. The van der Waals surface area contributed by atoms with Crippen molar-refractivity contribution in [1.82, 2.24) is 9.80 Å². The Morgan fingerprint density at radius 2 is 1.77 bits per heavy atom. The average Bonchev–Trinajstić information content (AvgIpc) is 2.16. The smallest absolute Gasteiger partial charge is 0.179 e. The second-order valence-corrected chi connectivity index (χ2v) is 2.87. The molecule has 0 amide bonds. The summed E-state index contributed by atoms with van der Waals surface area (Å²) in [6.07, 6.45) is 4.19. The fourth-order valence-electron chi connectivity index (χ4n) is 1.14. The normalized spacial score (nSPS) is 11.2. The van der Waals surface area contributed by atoms with Crippen LogP contribution in [0, 0.1) is 22.9 Å². The van der Waals surface area contributed by atoms with E-state index in [-0.39, 0.29) is 6.04 Å². The summed E-state index contributed by atoms with van der Waals surface area (Å²) in [7, 11) is 0. The molecule has 0 rings (SSSR count). The summed E-state index contributed by atoms with van der Waals surface area (Å²) in [6.45, 7) is 7.83. The van der Waals surface area contributed by atoms with Crippen LogP contribution in [0.1, 0.15) is 20.8 Å². The van der Waals surface area contributed by atoms with Crippen LogP contribution in [-0.4, -0.2) is 35.5 Å². The molecule has 0 saturated heterocycles. The van der Waals surface area contributed by atoms with Gasteiger partial charge in [-0.15, -0.1) is 0 Å². The molecule has 0 fully saturated rings. The minimum atomic E-state index is 0.106. The summed E-state index contributed by atoms with van der Waals surface area (Å²) in [5.74, 6) is 0. The number of hydrogen-bond donors (Lipinski definition) is 0. The Balaban J connectivity index is 4.06. The maximum Gasteiger partial charge on any atom is 0.179 e. The maximum absolute atomic E-state index is 8.73. The van der Waals surface area contributed by atoms with Crippen molar-refractivity contribution in [3.05, 3.63) is 0 Å². The Hall–Kier alpha value is -1.42. The highest BCUT2D eigenvalue weighted by molar-refractivity contribution is 4.83. The molecule has 0 N–H and O–H groups in total. The van der Waals surface area contributed by atoms with Crippen LogP contribution in [0.4, 0.5) is 0 Å². The monoisotopic (exact) mass is 180 g/mol. The maximum atomic E-state index is 8.73. The molecule has 0 spiro atoms. The third-order valence-electron chi connectivity index (χ3n) is 2.01. The van der Waals surface area contributed by atoms with E-state index in [1.165, 1.54) is 0 Å². The molecule has 0 aromatic rings. The molecule has 0 bridgehead atoms. The van der Waals surface area contributed by atoms with Gasteiger partial charge in [0, 0.05) is 19.6 Å². The molecule has 1 unspecified atom stereocenters. The highest BCUT2D eigenvalue weighted by atomic mass is 15.2. The average molecular weight is 180 g/mol. The zero-order valence-electron chi connectivity index (χ0n) is 8.49. The number of hydrogen-bond acceptors (Lipinski definition) is 4. The van der Waals surface area contributed by atoms with Gasteiger partial charge >= 0.3 is 0 Å². The third kappa shape index (κ3) is 3.66. The van der Waals surface area contributed by atoms with Crippen LogP contribution in [0.5, 0.6) is 0 Å². The summed E-state index contributed by atoms with van der Waals surface area (Å²) in [5, 5.41) is 17.4. The van der Waals surface area contributed by atoms with E-state index in [4.69, 9.17) is 10.5 Å². The van der Waals surface area contributed by atoms with Crippen LogP contribution in [-0.2, 0) is 0 Å². The number of likely N-dealkylation sites (N-methyl/N-ethyl adjacent to an activating group) is 2. The molecular weight excluding hydrogens is 164 g/mol. The van der Waals surface area contributed by atoms with Crippen LogP contribution < -0.4 is 0 Å². The number of nitriles is 2. The first-order chi connectivity index (χ1) is 6.19. The Morgan fingerprint density at radius 1 is 1.15 bits per heavy atom. The van der Waals surface area contributed by atoms with E-state index in [0.717, 1.165) is 0 Å².